The first-order valence-corrected chi connectivity index (χ1v) is 7.25. The zero-order valence-corrected chi connectivity index (χ0v) is 11.9. The van der Waals surface area contributed by atoms with Crippen molar-refractivity contribution in [2.24, 2.45) is 0 Å². The number of aryl methyl sites for hydroxylation is 1. The average molecular weight is 260 g/mol. The standard InChI is InChI=1S/C16H24N2O/c1-12-7-3-4-8-14(12)11-13(2)18-16(19)15-9-5-6-10-17-15/h3-4,7-8,13,15,17H,5-6,9-11H2,1-2H3,(H,18,19). The van der Waals surface area contributed by atoms with Crippen molar-refractivity contribution < 1.29 is 4.79 Å². The molecule has 2 N–H and O–H groups in total. The monoisotopic (exact) mass is 260 g/mol. The summed E-state index contributed by atoms with van der Waals surface area (Å²) in [6.07, 6.45) is 4.19. The predicted molar refractivity (Wildman–Crippen MR) is 78.1 cm³/mol. The number of rotatable bonds is 4. The lowest BCUT2D eigenvalue weighted by Crippen LogP contribution is -2.49. The minimum absolute atomic E-state index is 0.00747. The fourth-order valence-electron chi connectivity index (χ4n) is 2.64. The number of carbonyl (C=O) groups is 1. The molecule has 1 aliphatic heterocycles. The van der Waals surface area contributed by atoms with E-state index in [1.807, 2.05) is 6.07 Å². The van der Waals surface area contributed by atoms with Gasteiger partial charge in [0.25, 0.3) is 0 Å². The molecule has 0 aliphatic carbocycles. The first kappa shape index (κ1) is 14.1. The van der Waals surface area contributed by atoms with Gasteiger partial charge in [-0.2, -0.15) is 0 Å². The van der Waals surface area contributed by atoms with E-state index in [2.05, 4.69) is 42.7 Å². The van der Waals surface area contributed by atoms with Gasteiger partial charge in [0.2, 0.25) is 5.91 Å². The Morgan fingerprint density at radius 2 is 2.21 bits per heavy atom. The van der Waals surface area contributed by atoms with Gasteiger partial charge in [-0.25, -0.2) is 0 Å². The molecule has 0 saturated carbocycles. The van der Waals surface area contributed by atoms with E-state index >= 15 is 0 Å². The van der Waals surface area contributed by atoms with E-state index in [1.54, 1.807) is 0 Å². The van der Waals surface area contributed by atoms with Gasteiger partial charge in [-0.1, -0.05) is 30.7 Å². The van der Waals surface area contributed by atoms with E-state index < -0.39 is 0 Å². The summed E-state index contributed by atoms with van der Waals surface area (Å²) in [5.74, 6) is 0.154. The van der Waals surface area contributed by atoms with Gasteiger partial charge >= 0.3 is 0 Å². The molecule has 2 atom stereocenters. The van der Waals surface area contributed by atoms with Crippen molar-refractivity contribution >= 4 is 5.91 Å². The normalized spacial score (nSPS) is 20.8. The van der Waals surface area contributed by atoms with E-state index in [-0.39, 0.29) is 18.0 Å². The highest BCUT2D eigenvalue weighted by molar-refractivity contribution is 5.82. The Kier molecular flexibility index (Phi) is 4.97. The van der Waals surface area contributed by atoms with Crippen LogP contribution in [0.5, 0.6) is 0 Å². The number of piperidine rings is 1. The molecule has 1 aromatic carbocycles. The van der Waals surface area contributed by atoms with Crippen LogP contribution in [0.1, 0.15) is 37.3 Å². The van der Waals surface area contributed by atoms with Crippen molar-refractivity contribution in [3.8, 4) is 0 Å². The van der Waals surface area contributed by atoms with Crippen LogP contribution in [0.15, 0.2) is 24.3 Å². The summed E-state index contributed by atoms with van der Waals surface area (Å²) >= 11 is 0. The van der Waals surface area contributed by atoms with Gasteiger partial charge in [0.15, 0.2) is 0 Å². The lowest BCUT2D eigenvalue weighted by molar-refractivity contribution is -0.124. The molecule has 19 heavy (non-hydrogen) atoms. The predicted octanol–water partition coefficient (Wildman–Crippen LogP) is 2.18. The molecule has 1 aliphatic rings. The summed E-state index contributed by atoms with van der Waals surface area (Å²) in [6.45, 7) is 5.16. The molecular weight excluding hydrogens is 236 g/mol. The Morgan fingerprint density at radius 3 is 2.89 bits per heavy atom. The van der Waals surface area contributed by atoms with Gasteiger partial charge in [0.1, 0.15) is 0 Å². The molecule has 1 fully saturated rings. The third-order valence-corrected chi connectivity index (χ3v) is 3.80. The number of nitrogens with one attached hydrogen (secondary N) is 2. The van der Waals surface area contributed by atoms with Crippen LogP contribution in [0, 0.1) is 6.92 Å². The van der Waals surface area contributed by atoms with Crippen LogP contribution < -0.4 is 10.6 Å². The lowest BCUT2D eigenvalue weighted by Gasteiger charge is -2.24. The van der Waals surface area contributed by atoms with Crippen molar-refractivity contribution in [2.45, 2.75) is 51.6 Å². The molecular formula is C16H24N2O. The minimum Gasteiger partial charge on any atom is -0.352 e. The molecule has 0 spiro atoms. The van der Waals surface area contributed by atoms with Crippen molar-refractivity contribution in [2.75, 3.05) is 6.54 Å². The first-order valence-electron chi connectivity index (χ1n) is 7.25. The van der Waals surface area contributed by atoms with Crippen molar-refractivity contribution in [3.05, 3.63) is 35.4 Å². The van der Waals surface area contributed by atoms with Gasteiger partial charge in [-0.3, -0.25) is 4.79 Å². The highest BCUT2D eigenvalue weighted by atomic mass is 16.2. The van der Waals surface area contributed by atoms with Gasteiger partial charge in [0.05, 0.1) is 6.04 Å². The summed E-state index contributed by atoms with van der Waals surface area (Å²) in [5, 5.41) is 6.41. The minimum atomic E-state index is 0.00747. The third-order valence-electron chi connectivity index (χ3n) is 3.80. The van der Waals surface area contributed by atoms with Crippen LogP contribution in [-0.2, 0) is 11.2 Å². The van der Waals surface area contributed by atoms with Gasteiger partial charge in [-0.15, -0.1) is 0 Å². The van der Waals surface area contributed by atoms with Crippen LogP contribution >= 0.6 is 0 Å². The topological polar surface area (TPSA) is 41.1 Å². The molecule has 3 heteroatoms. The van der Waals surface area contributed by atoms with Crippen LogP contribution in [0.4, 0.5) is 0 Å². The number of hydrogen-bond acceptors (Lipinski definition) is 2. The quantitative estimate of drug-likeness (QED) is 0.871. The highest BCUT2D eigenvalue weighted by Gasteiger charge is 2.21. The van der Waals surface area contributed by atoms with Crippen LogP contribution in [0.3, 0.4) is 0 Å². The summed E-state index contributed by atoms with van der Waals surface area (Å²) in [7, 11) is 0. The van der Waals surface area contributed by atoms with E-state index in [0.29, 0.717) is 0 Å². The molecule has 0 aromatic heterocycles. The fraction of sp³-hybridized carbons (Fsp3) is 0.562. The molecule has 1 aromatic rings. The Balaban J connectivity index is 1.85. The molecule has 1 heterocycles. The molecule has 2 rings (SSSR count). The van der Waals surface area contributed by atoms with E-state index in [9.17, 15) is 4.79 Å². The molecule has 104 valence electrons. The zero-order valence-electron chi connectivity index (χ0n) is 11.9. The molecule has 0 bridgehead atoms. The average Bonchev–Trinajstić information content (AvgIpc) is 2.42. The zero-order chi connectivity index (χ0) is 13.7. The summed E-state index contributed by atoms with van der Waals surface area (Å²) < 4.78 is 0. The maximum atomic E-state index is 12.1. The van der Waals surface area contributed by atoms with Crippen LogP contribution in [-0.4, -0.2) is 24.5 Å². The maximum Gasteiger partial charge on any atom is 0.237 e. The number of amides is 1. The van der Waals surface area contributed by atoms with Crippen molar-refractivity contribution in [1.29, 1.82) is 0 Å². The second-order valence-corrected chi connectivity index (χ2v) is 5.54. The van der Waals surface area contributed by atoms with Gasteiger partial charge in [0, 0.05) is 6.04 Å². The molecule has 0 radical (unpaired) electrons. The summed E-state index contributed by atoms with van der Waals surface area (Å²) in [5.41, 5.74) is 2.60. The number of benzene rings is 1. The van der Waals surface area contributed by atoms with Crippen LogP contribution in [0.2, 0.25) is 0 Å². The highest BCUT2D eigenvalue weighted by Crippen LogP contribution is 2.11. The smallest absolute Gasteiger partial charge is 0.237 e. The summed E-state index contributed by atoms with van der Waals surface area (Å²) in [6, 6.07) is 8.54. The molecule has 3 nitrogen and oxygen atoms in total. The van der Waals surface area contributed by atoms with E-state index in [1.165, 1.54) is 17.5 Å². The Labute approximate surface area is 115 Å². The Morgan fingerprint density at radius 1 is 1.42 bits per heavy atom. The fourth-order valence-corrected chi connectivity index (χ4v) is 2.64. The third kappa shape index (κ3) is 4.06. The lowest BCUT2D eigenvalue weighted by atomic mass is 10.0. The Bertz CT molecular complexity index is 425. The van der Waals surface area contributed by atoms with E-state index in [4.69, 9.17) is 0 Å². The van der Waals surface area contributed by atoms with Gasteiger partial charge in [-0.05, 0) is 50.8 Å². The second-order valence-electron chi connectivity index (χ2n) is 5.54. The molecule has 2 unspecified atom stereocenters. The largest absolute Gasteiger partial charge is 0.352 e. The SMILES string of the molecule is Cc1ccccc1CC(C)NC(=O)C1CCCCN1. The van der Waals surface area contributed by atoms with Crippen molar-refractivity contribution in [3.63, 3.8) is 0 Å². The maximum absolute atomic E-state index is 12.1. The Hall–Kier alpha value is -1.35. The second kappa shape index (κ2) is 6.71. The number of carbonyl (C=O) groups excluding carboxylic acids is 1. The van der Waals surface area contributed by atoms with Gasteiger partial charge < -0.3 is 10.6 Å². The van der Waals surface area contributed by atoms with Crippen LogP contribution in [0.25, 0.3) is 0 Å². The molecule has 1 saturated heterocycles. The van der Waals surface area contributed by atoms with Crippen molar-refractivity contribution in [1.82, 2.24) is 10.6 Å². The number of hydrogen-bond donors (Lipinski definition) is 2. The molecule has 1 amide bonds. The van der Waals surface area contributed by atoms with E-state index in [0.717, 1.165) is 25.8 Å². The first-order chi connectivity index (χ1) is 9.16. The summed E-state index contributed by atoms with van der Waals surface area (Å²) in [4.78, 5) is 12.1.